The first-order chi connectivity index (χ1) is 11.7. The summed E-state index contributed by atoms with van der Waals surface area (Å²) in [5, 5.41) is 0.622. The number of rotatable bonds is 5. The molecule has 2 aromatic carbocycles. The van der Waals surface area contributed by atoms with E-state index in [0.717, 1.165) is 17.1 Å². The first-order valence-electron chi connectivity index (χ1n) is 7.59. The second-order valence-electron chi connectivity index (χ2n) is 5.38. The number of hydrogen-bond donors (Lipinski definition) is 1. The molecule has 122 valence electrons. The Morgan fingerprint density at radius 1 is 1.12 bits per heavy atom. The maximum atomic E-state index is 12.0. The molecule has 0 aliphatic rings. The lowest BCUT2D eigenvalue weighted by molar-refractivity contribution is 0.415. The highest BCUT2D eigenvalue weighted by Gasteiger charge is 2.06. The van der Waals surface area contributed by atoms with Crippen molar-refractivity contribution in [3.63, 3.8) is 0 Å². The van der Waals surface area contributed by atoms with Gasteiger partial charge in [-0.25, -0.2) is 4.98 Å². The van der Waals surface area contributed by atoms with Crippen molar-refractivity contribution in [3.05, 3.63) is 76.1 Å². The van der Waals surface area contributed by atoms with Gasteiger partial charge in [0.25, 0.3) is 5.56 Å². The molecule has 0 saturated heterocycles. The van der Waals surface area contributed by atoms with E-state index in [4.69, 9.17) is 4.74 Å². The Balaban J connectivity index is 1.83. The number of nitrogens with one attached hydrogen (secondary N) is 1. The van der Waals surface area contributed by atoms with Crippen molar-refractivity contribution >= 4 is 11.8 Å². The van der Waals surface area contributed by atoms with Crippen LogP contribution in [0.4, 0.5) is 0 Å². The van der Waals surface area contributed by atoms with E-state index in [1.165, 1.54) is 29.0 Å². The Morgan fingerprint density at radius 2 is 1.88 bits per heavy atom. The molecule has 0 spiro atoms. The average molecular weight is 338 g/mol. The van der Waals surface area contributed by atoms with Gasteiger partial charge in [-0.2, -0.15) is 0 Å². The number of hydrogen-bond acceptors (Lipinski definition) is 4. The van der Waals surface area contributed by atoms with Gasteiger partial charge in [0, 0.05) is 17.4 Å². The Kier molecular flexibility index (Phi) is 5.01. The molecule has 0 aliphatic heterocycles. The fourth-order valence-electron chi connectivity index (χ4n) is 2.33. The molecule has 1 aromatic heterocycles. The molecule has 0 unspecified atom stereocenters. The summed E-state index contributed by atoms with van der Waals surface area (Å²) in [5.74, 6) is 1.54. The van der Waals surface area contributed by atoms with E-state index in [9.17, 15) is 4.79 Å². The topological polar surface area (TPSA) is 55.0 Å². The lowest BCUT2D eigenvalue weighted by Gasteiger charge is -2.07. The number of thioether (sulfide) groups is 1. The fraction of sp³-hybridized carbons (Fsp3) is 0.158. The zero-order chi connectivity index (χ0) is 16.9. The van der Waals surface area contributed by atoms with Crippen molar-refractivity contribution in [1.29, 1.82) is 0 Å². The highest BCUT2D eigenvalue weighted by atomic mass is 32.2. The van der Waals surface area contributed by atoms with Crippen molar-refractivity contribution in [2.75, 3.05) is 7.11 Å². The first kappa shape index (κ1) is 16.3. The maximum Gasteiger partial charge on any atom is 0.252 e. The van der Waals surface area contributed by atoms with Gasteiger partial charge < -0.3 is 9.72 Å². The number of H-pyrrole nitrogens is 1. The van der Waals surface area contributed by atoms with E-state index < -0.39 is 0 Å². The van der Waals surface area contributed by atoms with Crippen LogP contribution in [0.5, 0.6) is 5.75 Å². The Bertz CT molecular complexity index is 888. The van der Waals surface area contributed by atoms with Crippen LogP contribution >= 0.6 is 11.8 Å². The Labute approximate surface area is 144 Å². The quantitative estimate of drug-likeness (QED) is 0.563. The van der Waals surface area contributed by atoms with Gasteiger partial charge in [-0.15, -0.1) is 0 Å². The van der Waals surface area contributed by atoms with E-state index in [2.05, 4.69) is 29.0 Å². The van der Waals surface area contributed by atoms with Crippen molar-refractivity contribution in [2.45, 2.75) is 17.8 Å². The first-order valence-corrected chi connectivity index (χ1v) is 8.57. The summed E-state index contributed by atoms with van der Waals surface area (Å²) in [6.07, 6.45) is 0. The minimum Gasteiger partial charge on any atom is -0.497 e. The molecule has 0 fully saturated rings. The van der Waals surface area contributed by atoms with Crippen LogP contribution in [0.25, 0.3) is 11.3 Å². The molecule has 0 amide bonds. The van der Waals surface area contributed by atoms with Crippen LogP contribution in [0, 0.1) is 6.92 Å². The molecule has 1 heterocycles. The monoisotopic (exact) mass is 338 g/mol. The third-order valence-corrected chi connectivity index (χ3v) is 4.65. The lowest BCUT2D eigenvalue weighted by Crippen LogP contribution is -2.08. The smallest absolute Gasteiger partial charge is 0.252 e. The molecule has 5 heteroatoms. The summed E-state index contributed by atoms with van der Waals surface area (Å²) in [6, 6.07) is 17.2. The zero-order valence-corrected chi connectivity index (χ0v) is 14.4. The number of methoxy groups -OCH3 is 1. The van der Waals surface area contributed by atoms with Gasteiger partial charge >= 0.3 is 0 Å². The molecular formula is C19H18N2O2S. The van der Waals surface area contributed by atoms with Crippen LogP contribution in [0.15, 0.2) is 64.5 Å². The van der Waals surface area contributed by atoms with Crippen LogP contribution in [-0.2, 0) is 5.75 Å². The van der Waals surface area contributed by atoms with Gasteiger partial charge in [0.15, 0.2) is 5.16 Å². The highest BCUT2D eigenvalue weighted by molar-refractivity contribution is 7.98. The molecule has 0 saturated carbocycles. The Morgan fingerprint density at radius 3 is 2.58 bits per heavy atom. The highest BCUT2D eigenvalue weighted by Crippen LogP contribution is 2.24. The van der Waals surface area contributed by atoms with Crippen LogP contribution in [0.2, 0.25) is 0 Å². The normalized spacial score (nSPS) is 10.6. The van der Waals surface area contributed by atoms with Crippen LogP contribution in [0.3, 0.4) is 0 Å². The second-order valence-corrected chi connectivity index (χ2v) is 6.34. The van der Waals surface area contributed by atoms with Crippen molar-refractivity contribution in [1.82, 2.24) is 9.97 Å². The third-order valence-electron chi connectivity index (χ3n) is 3.73. The molecule has 24 heavy (non-hydrogen) atoms. The maximum absolute atomic E-state index is 12.0. The summed E-state index contributed by atoms with van der Waals surface area (Å²) in [5.41, 5.74) is 3.87. The number of aryl methyl sites for hydroxylation is 1. The standard InChI is InChI=1S/C19H18N2O2S/c1-13-5-3-4-6-15(13)12-24-19-20-17(11-18(22)21-19)14-7-9-16(23-2)10-8-14/h3-11H,12H2,1-2H3,(H,20,21,22). The van der Waals surface area contributed by atoms with Crippen molar-refractivity contribution in [3.8, 4) is 17.0 Å². The molecule has 0 radical (unpaired) electrons. The molecule has 3 rings (SSSR count). The molecule has 0 bridgehead atoms. The summed E-state index contributed by atoms with van der Waals surface area (Å²) in [7, 11) is 1.63. The number of aromatic nitrogens is 2. The number of ether oxygens (including phenoxy) is 1. The van der Waals surface area contributed by atoms with E-state index in [1.807, 2.05) is 36.4 Å². The summed E-state index contributed by atoms with van der Waals surface area (Å²) in [4.78, 5) is 19.3. The average Bonchev–Trinajstić information content (AvgIpc) is 2.61. The van der Waals surface area contributed by atoms with Crippen molar-refractivity contribution < 1.29 is 4.74 Å². The molecule has 3 aromatic rings. The SMILES string of the molecule is COc1ccc(-c2cc(=O)[nH]c(SCc3ccccc3C)n2)cc1. The minimum atomic E-state index is -0.150. The predicted octanol–water partition coefficient (Wildman–Crippen LogP) is 4.05. The number of benzene rings is 2. The summed E-state index contributed by atoms with van der Waals surface area (Å²) >= 11 is 1.53. The van der Waals surface area contributed by atoms with Crippen LogP contribution in [0.1, 0.15) is 11.1 Å². The van der Waals surface area contributed by atoms with E-state index >= 15 is 0 Å². The Hall–Kier alpha value is -2.53. The molecule has 0 aliphatic carbocycles. The largest absolute Gasteiger partial charge is 0.497 e. The van der Waals surface area contributed by atoms with Gasteiger partial charge in [-0.3, -0.25) is 4.79 Å². The second kappa shape index (κ2) is 7.36. The lowest BCUT2D eigenvalue weighted by atomic mass is 10.1. The van der Waals surface area contributed by atoms with Crippen LogP contribution < -0.4 is 10.3 Å². The van der Waals surface area contributed by atoms with Crippen molar-refractivity contribution in [2.24, 2.45) is 0 Å². The van der Waals surface area contributed by atoms with E-state index in [-0.39, 0.29) is 5.56 Å². The van der Waals surface area contributed by atoms with E-state index in [1.54, 1.807) is 7.11 Å². The predicted molar refractivity (Wildman–Crippen MR) is 97.6 cm³/mol. The molecule has 1 N–H and O–H groups in total. The molecule has 4 nitrogen and oxygen atoms in total. The van der Waals surface area contributed by atoms with Gasteiger partial charge in [-0.1, -0.05) is 36.0 Å². The van der Waals surface area contributed by atoms with Gasteiger partial charge in [0.2, 0.25) is 0 Å². The fourth-order valence-corrected chi connectivity index (χ4v) is 3.28. The summed E-state index contributed by atoms with van der Waals surface area (Å²) in [6.45, 7) is 2.08. The minimum absolute atomic E-state index is 0.150. The summed E-state index contributed by atoms with van der Waals surface area (Å²) < 4.78 is 5.16. The van der Waals surface area contributed by atoms with E-state index in [0.29, 0.717) is 10.9 Å². The van der Waals surface area contributed by atoms with Gasteiger partial charge in [0.05, 0.1) is 12.8 Å². The zero-order valence-electron chi connectivity index (χ0n) is 13.6. The number of nitrogens with zero attached hydrogens (tertiary/aromatic N) is 1. The van der Waals surface area contributed by atoms with Gasteiger partial charge in [0.1, 0.15) is 5.75 Å². The van der Waals surface area contributed by atoms with Gasteiger partial charge in [-0.05, 0) is 42.3 Å². The van der Waals surface area contributed by atoms with Crippen LogP contribution in [-0.4, -0.2) is 17.1 Å². The molecular weight excluding hydrogens is 320 g/mol. The number of aromatic amines is 1. The molecule has 0 atom stereocenters. The third kappa shape index (κ3) is 3.86.